The lowest BCUT2D eigenvalue weighted by Gasteiger charge is -2.32. The smallest absolute Gasteiger partial charge is 0.243 e. The molecule has 3 aromatic rings. The second-order valence-corrected chi connectivity index (χ2v) is 9.69. The van der Waals surface area contributed by atoms with E-state index < -0.39 is 6.04 Å². The van der Waals surface area contributed by atoms with Crippen molar-refractivity contribution in [3.05, 3.63) is 105 Å². The number of nitrogens with one attached hydrogen (secondary N) is 1. The van der Waals surface area contributed by atoms with E-state index in [0.29, 0.717) is 21.5 Å². The van der Waals surface area contributed by atoms with Gasteiger partial charge in [-0.25, -0.2) is 0 Å². The summed E-state index contributed by atoms with van der Waals surface area (Å²) in [6, 6.07) is 21.3. The molecule has 0 aromatic heterocycles. The molecule has 1 atom stereocenters. The number of hydrogen-bond acceptors (Lipinski definition) is 2. The van der Waals surface area contributed by atoms with Crippen LogP contribution in [0.2, 0.25) is 15.1 Å². The molecule has 3 rings (SSSR count). The number of carbonyl (C=O) groups excluding carboxylic acids is 2. The van der Waals surface area contributed by atoms with E-state index in [1.165, 1.54) is 0 Å². The normalized spacial score (nSPS) is 11.8. The van der Waals surface area contributed by atoms with Crippen molar-refractivity contribution in [1.29, 1.82) is 0 Å². The van der Waals surface area contributed by atoms with Gasteiger partial charge in [-0.05, 0) is 54.8 Å². The summed E-state index contributed by atoms with van der Waals surface area (Å²) in [6.45, 7) is 4.07. The van der Waals surface area contributed by atoms with Crippen molar-refractivity contribution < 1.29 is 9.59 Å². The maximum Gasteiger partial charge on any atom is 0.243 e. The molecule has 7 heteroatoms. The van der Waals surface area contributed by atoms with Gasteiger partial charge in [-0.3, -0.25) is 9.59 Å². The highest BCUT2D eigenvalue weighted by atomic mass is 35.5. The molecule has 178 valence electrons. The third-order valence-electron chi connectivity index (χ3n) is 5.31. The van der Waals surface area contributed by atoms with Crippen LogP contribution in [0.4, 0.5) is 0 Å². The van der Waals surface area contributed by atoms with E-state index in [-0.39, 0.29) is 30.8 Å². The fourth-order valence-electron chi connectivity index (χ4n) is 3.65. The molecule has 0 saturated heterocycles. The van der Waals surface area contributed by atoms with Crippen LogP contribution in [0.5, 0.6) is 0 Å². The van der Waals surface area contributed by atoms with Gasteiger partial charge < -0.3 is 10.2 Å². The molecular weight excluding hydrogens is 491 g/mol. The van der Waals surface area contributed by atoms with E-state index in [2.05, 4.69) is 5.32 Å². The number of rotatable bonds is 9. The first-order valence-electron chi connectivity index (χ1n) is 11.0. The highest BCUT2D eigenvalue weighted by molar-refractivity contribution is 6.42. The number of benzene rings is 3. The zero-order valence-corrected chi connectivity index (χ0v) is 21.4. The summed E-state index contributed by atoms with van der Waals surface area (Å²) >= 11 is 18.3. The van der Waals surface area contributed by atoms with Gasteiger partial charge in [0, 0.05) is 24.0 Å². The van der Waals surface area contributed by atoms with E-state index in [1.807, 2.05) is 56.3 Å². The first-order chi connectivity index (χ1) is 16.2. The Bertz CT molecular complexity index is 1120. The van der Waals surface area contributed by atoms with Crippen molar-refractivity contribution in [3.8, 4) is 0 Å². The Morgan fingerprint density at radius 1 is 0.824 bits per heavy atom. The molecule has 3 aromatic carbocycles. The number of amides is 2. The minimum absolute atomic E-state index is 0.0617. The van der Waals surface area contributed by atoms with Crippen LogP contribution in [0.15, 0.2) is 72.8 Å². The number of nitrogens with zero attached hydrogens (tertiary/aromatic N) is 1. The molecule has 1 N–H and O–H groups in total. The highest BCUT2D eigenvalue weighted by Crippen LogP contribution is 2.24. The molecular formula is C27H27Cl3N2O2. The second-order valence-electron chi connectivity index (χ2n) is 8.44. The van der Waals surface area contributed by atoms with Crippen molar-refractivity contribution in [2.24, 2.45) is 0 Å². The summed E-state index contributed by atoms with van der Waals surface area (Å²) < 4.78 is 0. The van der Waals surface area contributed by atoms with E-state index >= 15 is 0 Å². The molecule has 4 nitrogen and oxygen atoms in total. The predicted octanol–water partition coefficient (Wildman–Crippen LogP) is 6.35. The first kappa shape index (κ1) is 26.1. The fourth-order valence-corrected chi connectivity index (χ4v) is 4.09. The monoisotopic (exact) mass is 516 g/mol. The lowest BCUT2D eigenvalue weighted by molar-refractivity contribution is -0.141. The average molecular weight is 518 g/mol. The SMILES string of the molecule is CC(C)NC(=O)[C@H](Cc1ccccc1)N(Cc1ccc(Cl)cc1)C(=O)Cc1ccc(Cl)c(Cl)c1. The van der Waals surface area contributed by atoms with Crippen molar-refractivity contribution in [3.63, 3.8) is 0 Å². The van der Waals surface area contributed by atoms with Crippen LogP contribution in [0.1, 0.15) is 30.5 Å². The Hall–Kier alpha value is -2.53. The Kier molecular flexibility index (Phi) is 9.40. The second kappa shape index (κ2) is 12.3. The molecule has 0 heterocycles. The van der Waals surface area contributed by atoms with Gasteiger partial charge in [-0.1, -0.05) is 83.3 Å². The van der Waals surface area contributed by atoms with Crippen LogP contribution in [0, 0.1) is 0 Å². The molecule has 0 bridgehead atoms. The lowest BCUT2D eigenvalue weighted by Crippen LogP contribution is -2.52. The van der Waals surface area contributed by atoms with E-state index in [1.54, 1.807) is 35.2 Å². The molecule has 0 aliphatic heterocycles. The van der Waals surface area contributed by atoms with Gasteiger partial charge in [0.25, 0.3) is 0 Å². The highest BCUT2D eigenvalue weighted by Gasteiger charge is 2.30. The molecule has 0 aliphatic rings. The standard InChI is InChI=1S/C27H27Cl3N2O2/c1-18(2)31-27(34)25(15-19-6-4-3-5-7-19)32(17-20-8-11-22(28)12-9-20)26(33)16-21-10-13-23(29)24(30)14-21/h3-14,18,25H,15-17H2,1-2H3,(H,31,34)/t25-/m0/s1. The van der Waals surface area contributed by atoms with Crippen LogP contribution in [-0.2, 0) is 29.0 Å². The first-order valence-corrected chi connectivity index (χ1v) is 12.2. The third kappa shape index (κ3) is 7.49. The van der Waals surface area contributed by atoms with Crippen LogP contribution in [0.25, 0.3) is 0 Å². The van der Waals surface area contributed by atoms with Crippen LogP contribution < -0.4 is 5.32 Å². The van der Waals surface area contributed by atoms with E-state index in [4.69, 9.17) is 34.8 Å². The van der Waals surface area contributed by atoms with Crippen molar-refractivity contribution >= 4 is 46.6 Å². The van der Waals surface area contributed by atoms with Crippen LogP contribution >= 0.6 is 34.8 Å². The molecule has 0 aliphatic carbocycles. The molecule has 2 amide bonds. The Morgan fingerprint density at radius 3 is 2.09 bits per heavy atom. The van der Waals surface area contributed by atoms with Crippen molar-refractivity contribution in [1.82, 2.24) is 10.2 Å². The number of hydrogen-bond donors (Lipinski definition) is 1. The Morgan fingerprint density at radius 2 is 1.47 bits per heavy atom. The summed E-state index contributed by atoms with van der Waals surface area (Å²) in [4.78, 5) is 28.6. The zero-order valence-electron chi connectivity index (χ0n) is 19.1. The Balaban J connectivity index is 1.97. The van der Waals surface area contributed by atoms with Gasteiger partial charge in [0.05, 0.1) is 16.5 Å². The molecule has 0 fully saturated rings. The van der Waals surface area contributed by atoms with E-state index in [9.17, 15) is 9.59 Å². The van der Waals surface area contributed by atoms with Gasteiger partial charge in [-0.15, -0.1) is 0 Å². The van der Waals surface area contributed by atoms with Crippen LogP contribution in [0.3, 0.4) is 0 Å². The molecule has 34 heavy (non-hydrogen) atoms. The minimum Gasteiger partial charge on any atom is -0.352 e. The summed E-state index contributed by atoms with van der Waals surface area (Å²) in [5, 5.41) is 4.40. The van der Waals surface area contributed by atoms with Crippen molar-refractivity contribution in [2.75, 3.05) is 0 Å². The maximum absolute atomic E-state index is 13.6. The van der Waals surface area contributed by atoms with Gasteiger partial charge in [0.1, 0.15) is 6.04 Å². The van der Waals surface area contributed by atoms with Crippen molar-refractivity contribution in [2.45, 2.75) is 45.3 Å². The largest absolute Gasteiger partial charge is 0.352 e. The lowest BCUT2D eigenvalue weighted by atomic mass is 10.0. The predicted molar refractivity (Wildman–Crippen MR) is 139 cm³/mol. The van der Waals surface area contributed by atoms with Crippen LogP contribution in [-0.4, -0.2) is 28.8 Å². The third-order valence-corrected chi connectivity index (χ3v) is 6.30. The maximum atomic E-state index is 13.6. The minimum atomic E-state index is -0.698. The molecule has 0 radical (unpaired) electrons. The van der Waals surface area contributed by atoms with Gasteiger partial charge in [0.15, 0.2) is 0 Å². The average Bonchev–Trinajstić information content (AvgIpc) is 2.80. The van der Waals surface area contributed by atoms with E-state index in [0.717, 1.165) is 16.7 Å². The van der Waals surface area contributed by atoms with Gasteiger partial charge >= 0.3 is 0 Å². The Labute approximate surface area is 215 Å². The topological polar surface area (TPSA) is 49.4 Å². The van der Waals surface area contributed by atoms with Gasteiger partial charge in [0.2, 0.25) is 11.8 Å². The molecule has 0 unspecified atom stereocenters. The summed E-state index contributed by atoms with van der Waals surface area (Å²) in [7, 11) is 0. The summed E-state index contributed by atoms with van der Waals surface area (Å²) in [5.41, 5.74) is 2.57. The molecule has 0 saturated carbocycles. The fraction of sp³-hybridized carbons (Fsp3) is 0.259. The summed E-state index contributed by atoms with van der Waals surface area (Å²) in [6.07, 6.45) is 0.477. The van der Waals surface area contributed by atoms with Gasteiger partial charge in [-0.2, -0.15) is 0 Å². The molecule has 0 spiro atoms. The number of halogens is 3. The quantitative estimate of drug-likeness (QED) is 0.359. The zero-order chi connectivity index (χ0) is 24.7. The number of carbonyl (C=O) groups is 2. The summed E-state index contributed by atoms with van der Waals surface area (Å²) in [5.74, 6) is -0.386.